The molecule has 0 atom stereocenters. The van der Waals surface area contributed by atoms with E-state index in [-0.39, 0.29) is 11.3 Å². The van der Waals surface area contributed by atoms with Gasteiger partial charge >= 0.3 is 0 Å². The Hall–Kier alpha value is -2.10. The first kappa shape index (κ1) is 12.9. The lowest BCUT2D eigenvalue weighted by molar-refractivity contribution is -0.123. The van der Waals surface area contributed by atoms with Crippen LogP contribution in [0.4, 0.5) is 0 Å². The molecule has 2 aromatic rings. The smallest absolute Gasteiger partial charge is 0.230 e. The van der Waals surface area contributed by atoms with Crippen LogP contribution in [0.1, 0.15) is 35.2 Å². The Kier molecular flexibility index (Phi) is 3.08. The highest BCUT2D eigenvalue weighted by Gasteiger charge is 2.51. The number of benzene rings is 1. The lowest BCUT2D eigenvalue weighted by atomic mass is 9.92. The molecular formula is C16H19N3O. The van der Waals surface area contributed by atoms with Crippen LogP contribution >= 0.6 is 0 Å². The fourth-order valence-electron chi connectivity index (χ4n) is 2.75. The van der Waals surface area contributed by atoms with Crippen LogP contribution < -0.4 is 5.32 Å². The van der Waals surface area contributed by atoms with Gasteiger partial charge in [0.05, 0.1) is 17.7 Å². The third-order valence-corrected chi connectivity index (χ3v) is 3.96. The lowest BCUT2D eigenvalue weighted by Crippen LogP contribution is -2.34. The van der Waals surface area contributed by atoms with Crippen LogP contribution in [0.15, 0.2) is 30.5 Å². The van der Waals surface area contributed by atoms with Crippen LogP contribution in [-0.2, 0) is 16.8 Å². The van der Waals surface area contributed by atoms with Crippen molar-refractivity contribution < 1.29 is 4.79 Å². The Morgan fingerprint density at radius 2 is 2.00 bits per heavy atom. The van der Waals surface area contributed by atoms with Gasteiger partial charge in [-0.2, -0.15) is 5.10 Å². The minimum absolute atomic E-state index is 0.122. The molecule has 1 aromatic heterocycles. The van der Waals surface area contributed by atoms with Crippen molar-refractivity contribution in [3.8, 4) is 0 Å². The van der Waals surface area contributed by atoms with Crippen molar-refractivity contribution >= 4 is 5.91 Å². The predicted molar refractivity (Wildman–Crippen MR) is 77.3 cm³/mol. The van der Waals surface area contributed by atoms with Gasteiger partial charge in [-0.3, -0.25) is 9.89 Å². The summed E-state index contributed by atoms with van der Waals surface area (Å²) >= 11 is 0. The average molecular weight is 269 g/mol. The van der Waals surface area contributed by atoms with Gasteiger partial charge in [-0.15, -0.1) is 0 Å². The number of aromatic amines is 1. The van der Waals surface area contributed by atoms with E-state index in [1.54, 1.807) is 6.20 Å². The molecule has 1 heterocycles. The van der Waals surface area contributed by atoms with Gasteiger partial charge in [-0.25, -0.2) is 0 Å². The third-order valence-electron chi connectivity index (χ3n) is 3.96. The molecule has 3 rings (SSSR count). The van der Waals surface area contributed by atoms with E-state index in [1.807, 2.05) is 6.07 Å². The molecule has 1 aromatic carbocycles. The average Bonchev–Trinajstić information content (AvgIpc) is 3.05. The summed E-state index contributed by atoms with van der Waals surface area (Å²) in [6, 6.07) is 8.28. The fraction of sp³-hybridized carbons (Fsp3) is 0.375. The molecule has 1 aliphatic carbocycles. The topological polar surface area (TPSA) is 57.8 Å². The van der Waals surface area contributed by atoms with Gasteiger partial charge in [0.25, 0.3) is 0 Å². The Bertz CT molecular complexity index is 607. The molecule has 0 aliphatic heterocycles. The van der Waals surface area contributed by atoms with Gasteiger partial charge in [0, 0.05) is 6.20 Å². The van der Waals surface area contributed by atoms with Gasteiger partial charge in [0.2, 0.25) is 5.91 Å². The van der Waals surface area contributed by atoms with Gasteiger partial charge in [-0.05, 0) is 38.3 Å². The van der Waals surface area contributed by atoms with Crippen LogP contribution in [0.2, 0.25) is 0 Å². The Morgan fingerprint density at radius 3 is 2.55 bits per heavy atom. The summed E-state index contributed by atoms with van der Waals surface area (Å²) in [5.74, 6) is 0.122. The second-order valence-corrected chi connectivity index (χ2v) is 5.72. The fourth-order valence-corrected chi connectivity index (χ4v) is 2.75. The zero-order valence-electron chi connectivity index (χ0n) is 11.9. The van der Waals surface area contributed by atoms with Crippen molar-refractivity contribution in [2.75, 3.05) is 0 Å². The molecule has 1 fully saturated rings. The molecule has 0 unspecified atom stereocenters. The van der Waals surface area contributed by atoms with Crippen LogP contribution in [0.5, 0.6) is 0 Å². The van der Waals surface area contributed by atoms with Crippen molar-refractivity contribution in [3.05, 3.63) is 52.8 Å². The highest BCUT2D eigenvalue weighted by Crippen LogP contribution is 2.48. The number of aryl methyl sites for hydroxylation is 2. The van der Waals surface area contributed by atoms with Crippen LogP contribution in [0.25, 0.3) is 0 Å². The Morgan fingerprint density at radius 1 is 1.30 bits per heavy atom. The SMILES string of the molecule is Cc1cc(C)cc(C2(C(=O)NCc3ccn[nH]3)CC2)c1. The number of amides is 1. The molecule has 4 nitrogen and oxygen atoms in total. The molecule has 1 aliphatic rings. The number of aromatic nitrogens is 2. The molecule has 104 valence electrons. The molecule has 0 bridgehead atoms. The standard InChI is InChI=1S/C16H19N3O/c1-11-7-12(2)9-13(8-11)16(4-5-16)15(20)17-10-14-3-6-18-19-14/h3,6-9H,4-5,10H2,1-2H3,(H,17,20)(H,18,19). The predicted octanol–water partition coefficient (Wildman–Crippen LogP) is 2.37. The molecule has 0 spiro atoms. The monoisotopic (exact) mass is 269 g/mol. The van der Waals surface area contributed by atoms with Crippen molar-refractivity contribution in [1.29, 1.82) is 0 Å². The Balaban J connectivity index is 1.76. The number of hydrogen-bond donors (Lipinski definition) is 2. The molecule has 2 N–H and O–H groups in total. The molecule has 1 saturated carbocycles. The highest BCUT2D eigenvalue weighted by molar-refractivity contribution is 5.91. The number of rotatable bonds is 4. The number of H-pyrrole nitrogens is 1. The summed E-state index contributed by atoms with van der Waals surface area (Å²) in [7, 11) is 0. The first-order valence-electron chi connectivity index (χ1n) is 6.95. The maximum atomic E-state index is 12.5. The van der Waals surface area contributed by atoms with E-state index in [1.165, 1.54) is 11.1 Å². The zero-order valence-corrected chi connectivity index (χ0v) is 11.9. The minimum atomic E-state index is -0.309. The van der Waals surface area contributed by atoms with E-state index in [9.17, 15) is 4.79 Å². The van der Waals surface area contributed by atoms with E-state index in [0.717, 1.165) is 24.1 Å². The minimum Gasteiger partial charge on any atom is -0.350 e. The molecule has 4 heteroatoms. The summed E-state index contributed by atoms with van der Waals surface area (Å²) in [6.45, 7) is 4.66. The summed E-state index contributed by atoms with van der Waals surface area (Å²) in [6.07, 6.45) is 3.56. The molecule has 0 radical (unpaired) electrons. The molecule has 1 amide bonds. The molecular weight excluding hydrogens is 250 g/mol. The van der Waals surface area contributed by atoms with Crippen molar-refractivity contribution in [2.45, 2.75) is 38.6 Å². The normalized spacial score (nSPS) is 15.9. The number of nitrogens with zero attached hydrogens (tertiary/aromatic N) is 1. The highest BCUT2D eigenvalue weighted by atomic mass is 16.2. The molecule has 0 saturated heterocycles. The third kappa shape index (κ3) is 2.33. The molecule has 20 heavy (non-hydrogen) atoms. The van der Waals surface area contributed by atoms with Gasteiger partial charge in [0.1, 0.15) is 0 Å². The zero-order chi connectivity index (χ0) is 14.2. The summed E-state index contributed by atoms with van der Waals surface area (Å²) in [4.78, 5) is 12.5. The van der Waals surface area contributed by atoms with E-state index >= 15 is 0 Å². The van der Waals surface area contributed by atoms with Crippen molar-refractivity contribution in [2.24, 2.45) is 0 Å². The van der Waals surface area contributed by atoms with Crippen molar-refractivity contribution in [3.63, 3.8) is 0 Å². The number of carbonyl (C=O) groups excluding carboxylic acids is 1. The lowest BCUT2D eigenvalue weighted by Gasteiger charge is -2.17. The first-order valence-corrected chi connectivity index (χ1v) is 6.95. The maximum absolute atomic E-state index is 12.5. The quantitative estimate of drug-likeness (QED) is 0.895. The second kappa shape index (κ2) is 4.78. The number of hydrogen-bond acceptors (Lipinski definition) is 2. The maximum Gasteiger partial charge on any atom is 0.230 e. The van der Waals surface area contributed by atoms with E-state index in [2.05, 4.69) is 47.6 Å². The largest absolute Gasteiger partial charge is 0.350 e. The van der Waals surface area contributed by atoms with Gasteiger partial charge in [-0.1, -0.05) is 29.3 Å². The summed E-state index contributed by atoms with van der Waals surface area (Å²) in [5.41, 5.74) is 4.20. The summed E-state index contributed by atoms with van der Waals surface area (Å²) < 4.78 is 0. The van der Waals surface area contributed by atoms with Gasteiger partial charge in [0.15, 0.2) is 0 Å². The number of carbonyl (C=O) groups is 1. The first-order chi connectivity index (χ1) is 9.60. The van der Waals surface area contributed by atoms with E-state index < -0.39 is 0 Å². The van der Waals surface area contributed by atoms with Crippen LogP contribution in [-0.4, -0.2) is 16.1 Å². The van der Waals surface area contributed by atoms with E-state index in [0.29, 0.717) is 6.54 Å². The summed E-state index contributed by atoms with van der Waals surface area (Å²) in [5, 5.41) is 9.76. The Labute approximate surface area is 118 Å². The van der Waals surface area contributed by atoms with E-state index in [4.69, 9.17) is 0 Å². The van der Waals surface area contributed by atoms with Crippen molar-refractivity contribution in [1.82, 2.24) is 15.5 Å². The van der Waals surface area contributed by atoms with Gasteiger partial charge < -0.3 is 5.32 Å². The second-order valence-electron chi connectivity index (χ2n) is 5.72. The van der Waals surface area contributed by atoms with Crippen LogP contribution in [0, 0.1) is 13.8 Å². The number of nitrogens with one attached hydrogen (secondary N) is 2. The van der Waals surface area contributed by atoms with Crippen LogP contribution in [0.3, 0.4) is 0 Å².